The molecule has 3 rings (SSSR count). The van der Waals surface area contributed by atoms with Gasteiger partial charge in [-0.1, -0.05) is 25.1 Å². The summed E-state index contributed by atoms with van der Waals surface area (Å²) < 4.78 is 11.2. The number of primary amides is 1. The first-order valence-electron chi connectivity index (χ1n) is 8.64. The van der Waals surface area contributed by atoms with Crippen LogP contribution in [-0.4, -0.2) is 19.6 Å². The van der Waals surface area contributed by atoms with E-state index in [0.29, 0.717) is 12.2 Å². The second-order valence-electron chi connectivity index (χ2n) is 6.32. The van der Waals surface area contributed by atoms with Crippen molar-refractivity contribution in [2.45, 2.75) is 20.3 Å². The molecule has 1 amide bonds. The van der Waals surface area contributed by atoms with Gasteiger partial charge in [0.2, 0.25) is 5.91 Å². The molecule has 134 valence electrons. The Morgan fingerprint density at radius 2 is 2.08 bits per heavy atom. The van der Waals surface area contributed by atoms with Gasteiger partial charge in [0.15, 0.2) is 0 Å². The largest absolute Gasteiger partial charge is 0.497 e. The smallest absolute Gasteiger partial charge is 0.248 e. The first-order chi connectivity index (χ1) is 12.5. The number of rotatable bonds is 5. The summed E-state index contributed by atoms with van der Waals surface area (Å²) in [5.74, 6) is 1.28. The van der Waals surface area contributed by atoms with E-state index in [-0.39, 0.29) is 5.91 Å². The molecule has 2 aromatic rings. The third-order valence-corrected chi connectivity index (χ3v) is 4.60. The highest BCUT2D eigenvalue weighted by Crippen LogP contribution is 2.32. The molecule has 0 saturated carbocycles. The SMILES string of the molecule is CCc1cc(C=C(C)C2=Cc3cc(OC)ccc3OC2)ccc1C(N)=O. The lowest BCUT2D eigenvalue weighted by atomic mass is 9.97. The molecular weight excluding hydrogens is 326 g/mol. The third kappa shape index (κ3) is 3.64. The Balaban J connectivity index is 1.92. The number of hydrogen-bond donors (Lipinski definition) is 1. The van der Waals surface area contributed by atoms with Crippen molar-refractivity contribution >= 4 is 18.1 Å². The van der Waals surface area contributed by atoms with Crippen molar-refractivity contribution in [2.75, 3.05) is 13.7 Å². The number of nitrogens with two attached hydrogens (primary N) is 1. The fourth-order valence-electron chi connectivity index (χ4n) is 3.09. The van der Waals surface area contributed by atoms with E-state index in [9.17, 15) is 4.79 Å². The average Bonchev–Trinajstić information content (AvgIpc) is 2.66. The molecule has 0 radical (unpaired) electrons. The molecule has 0 spiro atoms. The Bertz CT molecular complexity index is 910. The van der Waals surface area contributed by atoms with E-state index in [1.807, 2.05) is 37.3 Å². The van der Waals surface area contributed by atoms with Crippen molar-refractivity contribution < 1.29 is 14.3 Å². The van der Waals surface area contributed by atoms with Gasteiger partial charge in [0.25, 0.3) is 0 Å². The van der Waals surface area contributed by atoms with Crippen LogP contribution in [0, 0.1) is 0 Å². The second-order valence-corrected chi connectivity index (χ2v) is 6.32. The Kier molecular flexibility index (Phi) is 5.12. The summed E-state index contributed by atoms with van der Waals surface area (Å²) in [6, 6.07) is 11.5. The maximum atomic E-state index is 11.5. The molecule has 1 heterocycles. The van der Waals surface area contributed by atoms with Crippen LogP contribution < -0.4 is 15.2 Å². The van der Waals surface area contributed by atoms with Crippen LogP contribution in [0.2, 0.25) is 0 Å². The van der Waals surface area contributed by atoms with Gasteiger partial charge in [0, 0.05) is 11.1 Å². The van der Waals surface area contributed by atoms with Gasteiger partial charge in [-0.15, -0.1) is 0 Å². The monoisotopic (exact) mass is 349 g/mol. The zero-order valence-corrected chi connectivity index (χ0v) is 15.3. The Labute approximate surface area is 153 Å². The minimum atomic E-state index is -0.386. The number of aryl methyl sites for hydroxylation is 1. The predicted octanol–water partition coefficient (Wildman–Crippen LogP) is 4.24. The Hall–Kier alpha value is -3.01. The number of hydrogen-bond acceptors (Lipinski definition) is 3. The number of fused-ring (bicyclic) bond motifs is 1. The highest BCUT2D eigenvalue weighted by molar-refractivity contribution is 5.94. The molecule has 0 atom stereocenters. The van der Waals surface area contributed by atoms with E-state index in [1.54, 1.807) is 13.2 Å². The number of carbonyl (C=O) groups excluding carboxylic acids is 1. The third-order valence-electron chi connectivity index (χ3n) is 4.60. The van der Waals surface area contributed by atoms with Gasteiger partial charge in [-0.05, 0) is 66.0 Å². The van der Waals surface area contributed by atoms with Crippen molar-refractivity contribution in [3.8, 4) is 11.5 Å². The minimum Gasteiger partial charge on any atom is -0.497 e. The second kappa shape index (κ2) is 7.48. The van der Waals surface area contributed by atoms with Gasteiger partial charge in [-0.2, -0.15) is 0 Å². The predicted molar refractivity (Wildman–Crippen MR) is 104 cm³/mol. The number of carbonyl (C=O) groups is 1. The van der Waals surface area contributed by atoms with Crippen LogP contribution in [0.1, 0.15) is 40.9 Å². The lowest BCUT2D eigenvalue weighted by Gasteiger charge is -2.19. The van der Waals surface area contributed by atoms with Crippen LogP contribution in [-0.2, 0) is 6.42 Å². The van der Waals surface area contributed by atoms with E-state index >= 15 is 0 Å². The highest BCUT2D eigenvalue weighted by atomic mass is 16.5. The maximum absolute atomic E-state index is 11.5. The molecule has 4 nitrogen and oxygen atoms in total. The summed E-state index contributed by atoms with van der Waals surface area (Å²) in [5, 5.41) is 0. The summed E-state index contributed by atoms with van der Waals surface area (Å²) in [6.07, 6.45) is 4.99. The molecule has 0 saturated heterocycles. The van der Waals surface area contributed by atoms with E-state index in [4.69, 9.17) is 15.2 Å². The van der Waals surface area contributed by atoms with Gasteiger partial charge in [0.1, 0.15) is 18.1 Å². The van der Waals surface area contributed by atoms with Crippen LogP contribution in [0.15, 0.2) is 47.5 Å². The zero-order valence-electron chi connectivity index (χ0n) is 15.3. The van der Waals surface area contributed by atoms with E-state index < -0.39 is 0 Å². The quantitative estimate of drug-likeness (QED) is 0.878. The summed E-state index contributed by atoms with van der Waals surface area (Å²) in [7, 11) is 1.66. The van der Waals surface area contributed by atoms with E-state index in [1.165, 1.54) is 0 Å². The Morgan fingerprint density at radius 3 is 2.77 bits per heavy atom. The molecular formula is C22H23NO3. The van der Waals surface area contributed by atoms with Crippen LogP contribution in [0.4, 0.5) is 0 Å². The van der Waals surface area contributed by atoms with Crippen LogP contribution in [0.3, 0.4) is 0 Å². The fourth-order valence-corrected chi connectivity index (χ4v) is 3.09. The van der Waals surface area contributed by atoms with Crippen molar-refractivity contribution in [3.05, 3.63) is 69.8 Å². The number of ether oxygens (including phenoxy) is 2. The minimum absolute atomic E-state index is 0.386. The van der Waals surface area contributed by atoms with E-state index in [0.717, 1.165) is 45.8 Å². The summed E-state index contributed by atoms with van der Waals surface area (Å²) in [4.78, 5) is 11.5. The number of methoxy groups -OCH3 is 1. The average molecular weight is 349 g/mol. The van der Waals surface area contributed by atoms with Crippen molar-refractivity contribution in [1.29, 1.82) is 0 Å². The number of benzene rings is 2. The summed E-state index contributed by atoms with van der Waals surface area (Å²) in [5.41, 5.74) is 11.3. The molecule has 1 aliphatic heterocycles. The molecule has 2 aromatic carbocycles. The van der Waals surface area contributed by atoms with Crippen molar-refractivity contribution in [3.63, 3.8) is 0 Å². The first-order valence-corrected chi connectivity index (χ1v) is 8.64. The normalized spacial score (nSPS) is 13.5. The van der Waals surface area contributed by atoms with Crippen molar-refractivity contribution in [1.82, 2.24) is 0 Å². The Morgan fingerprint density at radius 1 is 1.27 bits per heavy atom. The highest BCUT2D eigenvalue weighted by Gasteiger charge is 2.14. The molecule has 0 fully saturated rings. The van der Waals surface area contributed by atoms with Gasteiger partial charge < -0.3 is 15.2 Å². The van der Waals surface area contributed by atoms with Gasteiger partial charge in [-0.25, -0.2) is 0 Å². The molecule has 0 bridgehead atoms. The number of amides is 1. The standard InChI is InChI=1S/C22H23NO3/c1-4-16-10-15(5-7-20(16)22(23)24)9-14(2)18-11-17-12-19(25-3)6-8-21(17)26-13-18/h5-12H,4,13H2,1-3H3,(H2,23,24). The van der Waals surface area contributed by atoms with Gasteiger partial charge in [-0.3, -0.25) is 4.79 Å². The molecule has 0 aliphatic carbocycles. The van der Waals surface area contributed by atoms with Crippen LogP contribution >= 0.6 is 0 Å². The molecule has 1 aliphatic rings. The zero-order chi connectivity index (χ0) is 18.7. The summed E-state index contributed by atoms with van der Waals surface area (Å²) >= 11 is 0. The lowest BCUT2D eigenvalue weighted by Crippen LogP contribution is -2.13. The van der Waals surface area contributed by atoms with Crippen molar-refractivity contribution in [2.24, 2.45) is 5.73 Å². The van der Waals surface area contributed by atoms with Crippen LogP contribution in [0.25, 0.3) is 12.2 Å². The van der Waals surface area contributed by atoms with Crippen LogP contribution in [0.5, 0.6) is 11.5 Å². The fraction of sp³-hybridized carbons (Fsp3) is 0.227. The molecule has 4 heteroatoms. The summed E-state index contributed by atoms with van der Waals surface area (Å²) in [6.45, 7) is 4.61. The topological polar surface area (TPSA) is 61.6 Å². The lowest BCUT2D eigenvalue weighted by molar-refractivity contribution is 0.0999. The molecule has 2 N–H and O–H groups in total. The first kappa shape index (κ1) is 17.8. The van der Waals surface area contributed by atoms with Gasteiger partial charge >= 0.3 is 0 Å². The molecule has 26 heavy (non-hydrogen) atoms. The van der Waals surface area contributed by atoms with E-state index in [2.05, 4.69) is 19.1 Å². The molecule has 0 aromatic heterocycles. The maximum Gasteiger partial charge on any atom is 0.248 e. The van der Waals surface area contributed by atoms with Gasteiger partial charge in [0.05, 0.1) is 7.11 Å². The molecule has 0 unspecified atom stereocenters.